The van der Waals surface area contributed by atoms with Crippen LogP contribution in [0.15, 0.2) is 0 Å². The van der Waals surface area contributed by atoms with Crippen molar-refractivity contribution < 1.29 is 24.5 Å². The Bertz CT molecular complexity index is 240. The number of aliphatic hydroxyl groups excluding tert-OH is 2. The molecule has 0 rings (SSSR count). The van der Waals surface area contributed by atoms with E-state index in [0.29, 0.717) is 25.7 Å². The molecule has 0 unspecified atom stereocenters. The Morgan fingerprint density at radius 2 is 1.26 bits per heavy atom. The minimum absolute atomic E-state index is 0.248. The van der Waals surface area contributed by atoms with Crippen LogP contribution in [0.25, 0.3) is 0 Å². The van der Waals surface area contributed by atoms with Gasteiger partial charge in [0, 0.05) is 25.9 Å². The Kier molecular flexibility index (Phi) is 12.8. The zero-order valence-electron chi connectivity index (χ0n) is 11.6. The maximum atomic E-state index is 11.5. The van der Waals surface area contributed by atoms with Crippen molar-refractivity contribution in [1.82, 2.24) is 0 Å². The summed E-state index contributed by atoms with van der Waals surface area (Å²) in [7, 11) is 0. The Hall–Kier alpha value is -0.940. The molecule has 0 aliphatic rings. The van der Waals surface area contributed by atoms with Crippen LogP contribution in [-0.2, 0) is 14.3 Å². The lowest BCUT2D eigenvalue weighted by Gasteiger charge is -2.02. The lowest BCUT2D eigenvalue weighted by Crippen LogP contribution is -2.05. The van der Waals surface area contributed by atoms with Crippen LogP contribution in [0.4, 0.5) is 0 Å². The topological polar surface area (TPSA) is 83.8 Å². The molecule has 0 saturated carbocycles. The number of rotatable bonds is 13. The summed E-state index contributed by atoms with van der Waals surface area (Å²) in [4.78, 5) is 22.4. The summed E-state index contributed by atoms with van der Waals surface area (Å²) in [5.41, 5.74) is 0. The molecule has 19 heavy (non-hydrogen) atoms. The van der Waals surface area contributed by atoms with E-state index in [4.69, 9.17) is 10.2 Å². The predicted molar refractivity (Wildman–Crippen MR) is 71.4 cm³/mol. The van der Waals surface area contributed by atoms with Gasteiger partial charge in [0.05, 0.1) is 0 Å². The number of hydrogen-bond donors (Lipinski definition) is 2. The van der Waals surface area contributed by atoms with Gasteiger partial charge in [-0.15, -0.1) is 0 Å². The van der Waals surface area contributed by atoms with E-state index < -0.39 is 12.8 Å². The number of esters is 1. The Morgan fingerprint density at radius 3 is 1.89 bits per heavy atom. The highest BCUT2D eigenvalue weighted by molar-refractivity contribution is 5.78. The average Bonchev–Trinajstić information content (AvgIpc) is 2.39. The lowest BCUT2D eigenvalue weighted by molar-refractivity contribution is -0.151. The first-order chi connectivity index (χ1) is 9.20. The zero-order chi connectivity index (χ0) is 14.3. The van der Waals surface area contributed by atoms with Crippen LogP contribution >= 0.6 is 0 Å². The summed E-state index contributed by atoms with van der Waals surface area (Å²) >= 11 is 0. The minimum Gasteiger partial charge on any atom is -0.439 e. The maximum Gasteiger partial charge on any atom is 0.307 e. The third kappa shape index (κ3) is 13.3. The summed E-state index contributed by atoms with van der Waals surface area (Å²) in [5, 5.41) is 16.9. The SMILES string of the molecule is O=C(CCCCCCCO)CCCCC(=O)OCO. The molecule has 0 heterocycles. The van der Waals surface area contributed by atoms with Gasteiger partial charge in [0.25, 0.3) is 0 Å². The van der Waals surface area contributed by atoms with Crippen LogP contribution in [0.3, 0.4) is 0 Å². The molecule has 5 nitrogen and oxygen atoms in total. The van der Waals surface area contributed by atoms with Crippen LogP contribution in [0, 0.1) is 0 Å². The molecule has 0 aliphatic heterocycles. The predicted octanol–water partition coefficient (Wildman–Crippen LogP) is 1.94. The third-order valence-electron chi connectivity index (χ3n) is 2.93. The highest BCUT2D eigenvalue weighted by atomic mass is 16.6. The van der Waals surface area contributed by atoms with Gasteiger partial charge in [-0.25, -0.2) is 0 Å². The molecule has 0 spiro atoms. The third-order valence-corrected chi connectivity index (χ3v) is 2.93. The standard InChI is InChI=1S/C14H26O5/c15-11-7-3-1-2-4-8-13(17)9-5-6-10-14(18)19-12-16/h15-16H,1-12H2. The maximum absolute atomic E-state index is 11.5. The monoisotopic (exact) mass is 274 g/mol. The fourth-order valence-electron chi connectivity index (χ4n) is 1.82. The van der Waals surface area contributed by atoms with Crippen molar-refractivity contribution in [1.29, 1.82) is 0 Å². The van der Waals surface area contributed by atoms with Crippen molar-refractivity contribution >= 4 is 11.8 Å². The molecule has 0 aromatic heterocycles. The smallest absolute Gasteiger partial charge is 0.307 e. The van der Waals surface area contributed by atoms with E-state index in [1.165, 1.54) is 0 Å². The normalized spacial score (nSPS) is 10.4. The van der Waals surface area contributed by atoms with E-state index in [1.807, 2.05) is 0 Å². The molecule has 0 aliphatic carbocycles. The Labute approximate surface area is 115 Å². The van der Waals surface area contributed by atoms with Gasteiger partial charge in [-0.1, -0.05) is 19.3 Å². The minimum atomic E-state index is -0.575. The number of hydrogen-bond acceptors (Lipinski definition) is 5. The molecule has 0 radical (unpaired) electrons. The van der Waals surface area contributed by atoms with Crippen LogP contribution in [0.1, 0.15) is 64.2 Å². The van der Waals surface area contributed by atoms with Crippen LogP contribution in [0.2, 0.25) is 0 Å². The Balaban J connectivity index is 3.28. The number of carbonyl (C=O) groups is 2. The van der Waals surface area contributed by atoms with Gasteiger partial charge < -0.3 is 14.9 Å². The van der Waals surface area contributed by atoms with E-state index in [2.05, 4.69) is 4.74 Å². The molecule has 0 amide bonds. The number of unbranched alkanes of at least 4 members (excludes halogenated alkanes) is 5. The molecule has 0 fully saturated rings. The summed E-state index contributed by atoms with van der Waals surface area (Å²) in [6.45, 7) is -0.328. The molecule has 112 valence electrons. The number of ketones is 1. The van der Waals surface area contributed by atoms with Crippen molar-refractivity contribution in [3.8, 4) is 0 Å². The zero-order valence-corrected chi connectivity index (χ0v) is 11.6. The van der Waals surface area contributed by atoms with Crippen molar-refractivity contribution in [2.45, 2.75) is 64.2 Å². The van der Waals surface area contributed by atoms with Gasteiger partial charge in [0.2, 0.25) is 0 Å². The Morgan fingerprint density at radius 1 is 0.737 bits per heavy atom. The van der Waals surface area contributed by atoms with Crippen LogP contribution < -0.4 is 0 Å². The molecule has 0 atom stereocenters. The molecule has 0 bridgehead atoms. The van der Waals surface area contributed by atoms with Crippen molar-refractivity contribution in [2.75, 3.05) is 13.4 Å². The van der Waals surface area contributed by atoms with Gasteiger partial charge in [-0.2, -0.15) is 0 Å². The summed E-state index contributed by atoms with van der Waals surface area (Å²) < 4.78 is 4.37. The second-order valence-electron chi connectivity index (χ2n) is 4.63. The van der Waals surface area contributed by atoms with E-state index in [9.17, 15) is 9.59 Å². The van der Waals surface area contributed by atoms with Crippen molar-refractivity contribution in [3.63, 3.8) is 0 Å². The second-order valence-corrected chi connectivity index (χ2v) is 4.63. The van der Waals surface area contributed by atoms with Crippen LogP contribution in [0.5, 0.6) is 0 Å². The van der Waals surface area contributed by atoms with E-state index >= 15 is 0 Å². The van der Waals surface area contributed by atoms with Gasteiger partial charge in [-0.3, -0.25) is 9.59 Å². The summed E-state index contributed by atoms with van der Waals surface area (Å²) in [5.74, 6) is -0.170. The van der Waals surface area contributed by atoms with Crippen LogP contribution in [-0.4, -0.2) is 35.4 Å². The summed E-state index contributed by atoms with van der Waals surface area (Å²) in [6, 6.07) is 0. The van der Waals surface area contributed by atoms with Crippen molar-refractivity contribution in [2.24, 2.45) is 0 Å². The van der Waals surface area contributed by atoms with E-state index in [-0.39, 0.29) is 18.8 Å². The van der Waals surface area contributed by atoms with Crippen molar-refractivity contribution in [3.05, 3.63) is 0 Å². The molecule has 0 aromatic carbocycles. The molecule has 5 heteroatoms. The number of ether oxygens (including phenoxy) is 1. The lowest BCUT2D eigenvalue weighted by atomic mass is 10.0. The number of carbonyl (C=O) groups excluding carboxylic acids is 2. The molecular formula is C14H26O5. The van der Waals surface area contributed by atoms with E-state index in [0.717, 1.165) is 32.1 Å². The largest absolute Gasteiger partial charge is 0.439 e. The fourth-order valence-corrected chi connectivity index (χ4v) is 1.82. The fraction of sp³-hybridized carbons (Fsp3) is 0.857. The first-order valence-corrected chi connectivity index (χ1v) is 7.09. The summed E-state index contributed by atoms with van der Waals surface area (Å²) in [6.07, 6.45) is 7.60. The van der Waals surface area contributed by atoms with E-state index in [1.54, 1.807) is 0 Å². The highest BCUT2D eigenvalue weighted by Crippen LogP contribution is 2.09. The molecule has 2 N–H and O–H groups in total. The van der Waals surface area contributed by atoms with Gasteiger partial charge >= 0.3 is 5.97 Å². The number of Topliss-reactive ketones (excluding diaryl/α,β-unsaturated/α-hetero) is 1. The first kappa shape index (κ1) is 18.1. The molecular weight excluding hydrogens is 248 g/mol. The quantitative estimate of drug-likeness (QED) is 0.304. The molecule has 0 saturated heterocycles. The number of aliphatic hydroxyl groups is 2. The average molecular weight is 274 g/mol. The van der Waals surface area contributed by atoms with Gasteiger partial charge in [-0.05, 0) is 25.7 Å². The van der Waals surface area contributed by atoms with Gasteiger partial charge in [0.1, 0.15) is 5.78 Å². The van der Waals surface area contributed by atoms with Gasteiger partial charge in [0.15, 0.2) is 6.79 Å². The first-order valence-electron chi connectivity index (χ1n) is 7.09. The second kappa shape index (κ2) is 13.5. The highest BCUT2D eigenvalue weighted by Gasteiger charge is 2.04. The molecule has 0 aromatic rings.